The van der Waals surface area contributed by atoms with Gasteiger partial charge in [-0.2, -0.15) is 0 Å². The zero-order chi connectivity index (χ0) is 11.4. The van der Waals surface area contributed by atoms with E-state index in [1.807, 2.05) is 38.1 Å². The van der Waals surface area contributed by atoms with Crippen molar-refractivity contribution in [2.75, 3.05) is 21.3 Å². The van der Waals surface area contributed by atoms with E-state index in [0.29, 0.717) is 0 Å². The molecule has 0 N–H and O–H groups in total. The van der Waals surface area contributed by atoms with Gasteiger partial charge in [-0.25, -0.2) is 0 Å². The van der Waals surface area contributed by atoms with Crippen molar-refractivity contribution in [3.8, 4) is 5.75 Å². The van der Waals surface area contributed by atoms with Crippen molar-refractivity contribution in [2.45, 2.75) is 18.7 Å². The molecule has 0 aliphatic rings. The fourth-order valence-electron chi connectivity index (χ4n) is 0.610. The molecule has 3 heteroatoms. The summed E-state index contributed by atoms with van der Waals surface area (Å²) >= 11 is 4.13. The van der Waals surface area contributed by atoms with Crippen LogP contribution in [-0.2, 0) is 4.74 Å². The smallest absolute Gasteiger partial charge is 0.119 e. The lowest BCUT2D eigenvalue weighted by molar-refractivity contribution is 0.277. The number of hydrogen-bond acceptors (Lipinski definition) is 3. The third-order valence-corrected chi connectivity index (χ3v) is 1.33. The zero-order valence-electron chi connectivity index (χ0n) is 9.57. The molecule has 0 saturated heterocycles. The first-order valence-electron chi connectivity index (χ1n) is 4.47. The Kier molecular flexibility index (Phi) is 13.9. The van der Waals surface area contributed by atoms with E-state index >= 15 is 0 Å². The fraction of sp³-hybridized carbons (Fsp3) is 0.455. The van der Waals surface area contributed by atoms with Gasteiger partial charge in [0.1, 0.15) is 5.75 Å². The van der Waals surface area contributed by atoms with Crippen LogP contribution in [0.25, 0.3) is 0 Å². The number of ether oxygens (including phenoxy) is 2. The molecule has 0 bridgehead atoms. The molecule has 1 aromatic rings. The molecule has 14 heavy (non-hydrogen) atoms. The molecule has 0 aliphatic carbocycles. The lowest BCUT2D eigenvalue weighted by atomic mass is 10.3. The Morgan fingerprint density at radius 2 is 1.57 bits per heavy atom. The van der Waals surface area contributed by atoms with E-state index in [0.717, 1.165) is 10.6 Å². The van der Waals surface area contributed by atoms with E-state index < -0.39 is 0 Å². The minimum atomic E-state index is 0.850. The van der Waals surface area contributed by atoms with Gasteiger partial charge in [0.15, 0.2) is 0 Å². The Morgan fingerprint density at radius 3 is 1.86 bits per heavy atom. The van der Waals surface area contributed by atoms with Crippen LogP contribution >= 0.6 is 12.6 Å². The predicted molar refractivity (Wildman–Crippen MR) is 64.5 cm³/mol. The van der Waals surface area contributed by atoms with Crippen molar-refractivity contribution in [2.24, 2.45) is 0 Å². The van der Waals surface area contributed by atoms with E-state index in [2.05, 4.69) is 17.4 Å². The maximum Gasteiger partial charge on any atom is 0.119 e. The first-order chi connectivity index (χ1) is 6.74. The topological polar surface area (TPSA) is 18.5 Å². The van der Waals surface area contributed by atoms with Gasteiger partial charge >= 0.3 is 0 Å². The summed E-state index contributed by atoms with van der Waals surface area (Å²) in [5, 5.41) is 0. The lowest BCUT2D eigenvalue weighted by Gasteiger charge is -1.97. The Labute approximate surface area is 92.6 Å². The number of thiol groups is 1. The van der Waals surface area contributed by atoms with Gasteiger partial charge in [0, 0.05) is 19.1 Å². The van der Waals surface area contributed by atoms with Crippen LogP contribution in [-0.4, -0.2) is 21.3 Å². The average molecular weight is 216 g/mol. The second-order valence-electron chi connectivity index (χ2n) is 2.11. The van der Waals surface area contributed by atoms with Crippen LogP contribution in [0.15, 0.2) is 29.2 Å². The summed E-state index contributed by atoms with van der Waals surface area (Å²) in [6.07, 6.45) is 0. The average Bonchev–Trinajstić information content (AvgIpc) is 2.22. The van der Waals surface area contributed by atoms with Crippen LogP contribution in [0.4, 0.5) is 0 Å². The van der Waals surface area contributed by atoms with E-state index in [1.165, 1.54) is 0 Å². The van der Waals surface area contributed by atoms with E-state index in [4.69, 9.17) is 4.74 Å². The first-order valence-corrected chi connectivity index (χ1v) is 4.92. The molecular formula is C11H20O2S. The standard InChI is InChI=1S/C7H8OS.C2H6O.C2H6/c1-8-6-3-2-4-7(9)5-6;1-3-2;1-2/h2-5,9H,1H3;1-2H3;1-2H3. The van der Waals surface area contributed by atoms with Gasteiger partial charge < -0.3 is 9.47 Å². The summed E-state index contributed by atoms with van der Waals surface area (Å²) in [6, 6.07) is 7.57. The van der Waals surface area contributed by atoms with Gasteiger partial charge in [-0.05, 0) is 18.2 Å². The highest BCUT2D eigenvalue weighted by atomic mass is 32.1. The Hall–Kier alpha value is -0.670. The number of rotatable bonds is 1. The molecule has 1 rings (SSSR count). The summed E-state index contributed by atoms with van der Waals surface area (Å²) in [7, 11) is 4.89. The van der Waals surface area contributed by atoms with Crippen LogP contribution in [0.5, 0.6) is 5.75 Å². The summed E-state index contributed by atoms with van der Waals surface area (Å²) in [5.74, 6) is 0.850. The molecule has 1 aromatic carbocycles. The van der Waals surface area contributed by atoms with E-state index in [9.17, 15) is 0 Å². The molecule has 0 unspecified atom stereocenters. The number of benzene rings is 1. The highest BCUT2D eigenvalue weighted by molar-refractivity contribution is 7.80. The maximum atomic E-state index is 4.95. The van der Waals surface area contributed by atoms with Crippen molar-refractivity contribution in [3.05, 3.63) is 24.3 Å². The van der Waals surface area contributed by atoms with Gasteiger partial charge in [0.2, 0.25) is 0 Å². The van der Waals surface area contributed by atoms with Gasteiger partial charge in [0.25, 0.3) is 0 Å². The van der Waals surface area contributed by atoms with E-state index in [1.54, 1.807) is 21.3 Å². The van der Waals surface area contributed by atoms with Crippen LogP contribution in [0.1, 0.15) is 13.8 Å². The van der Waals surface area contributed by atoms with Crippen LogP contribution in [0.2, 0.25) is 0 Å². The van der Waals surface area contributed by atoms with Crippen LogP contribution < -0.4 is 4.74 Å². The summed E-state index contributed by atoms with van der Waals surface area (Å²) in [4.78, 5) is 0.925. The normalized spacial score (nSPS) is 7.57. The van der Waals surface area contributed by atoms with Crippen molar-refractivity contribution in [3.63, 3.8) is 0 Å². The fourth-order valence-corrected chi connectivity index (χ4v) is 0.824. The zero-order valence-corrected chi connectivity index (χ0v) is 10.5. The van der Waals surface area contributed by atoms with Crippen molar-refractivity contribution < 1.29 is 9.47 Å². The lowest BCUT2D eigenvalue weighted by Crippen LogP contribution is -1.80. The highest BCUT2D eigenvalue weighted by Gasteiger charge is 1.87. The molecule has 0 aromatic heterocycles. The molecule has 0 amide bonds. The molecule has 2 nitrogen and oxygen atoms in total. The van der Waals surface area contributed by atoms with Gasteiger partial charge in [-0.15, -0.1) is 12.6 Å². The largest absolute Gasteiger partial charge is 0.497 e. The summed E-state index contributed by atoms with van der Waals surface area (Å²) < 4.78 is 9.20. The monoisotopic (exact) mass is 216 g/mol. The highest BCUT2D eigenvalue weighted by Crippen LogP contribution is 2.14. The molecule has 0 saturated carbocycles. The van der Waals surface area contributed by atoms with E-state index in [-0.39, 0.29) is 0 Å². The predicted octanol–water partition coefficient (Wildman–Crippen LogP) is 3.27. The SMILES string of the molecule is CC.COC.COc1cccc(S)c1. The van der Waals surface area contributed by atoms with Crippen molar-refractivity contribution >= 4 is 12.6 Å². The molecule has 0 aliphatic heterocycles. The first kappa shape index (κ1) is 15.8. The molecule has 0 spiro atoms. The second kappa shape index (κ2) is 12.3. The van der Waals surface area contributed by atoms with Crippen LogP contribution in [0, 0.1) is 0 Å². The Morgan fingerprint density at radius 1 is 1.07 bits per heavy atom. The maximum absolute atomic E-state index is 4.95. The van der Waals surface area contributed by atoms with Crippen LogP contribution in [0.3, 0.4) is 0 Å². The molecule has 0 heterocycles. The quantitative estimate of drug-likeness (QED) is 0.726. The second-order valence-corrected chi connectivity index (χ2v) is 2.63. The minimum Gasteiger partial charge on any atom is -0.497 e. The van der Waals surface area contributed by atoms with Gasteiger partial charge in [-0.1, -0.05) is 19.9 Å². The Bertz CT molecular complexity index is 214. The third-order valence-electron chi connectivity index (χ3n) is 1.05. The number of hydrogen-bond donors (Lipinski definition) is 1. The van der Waals surface area contributed by atoms with Gasteiger partial charge in [0.05, 0.1) is 7.11 Å². The third kappa shape index (κ3) is 9.42. The molecule has 0 atom stereocenters. The summed E-state index contributed by atoms with van der Waals surface area (Å²) in [6.45, 7) is 4.00. The minimum absolute atomic E-state index is 0.850. The van der Waals surface area contributed by atoms with Gasteiger partial charge in [-0.3, -0.25) is 0 Å². The Balaban J connectivity index is 0. The molecule has 82 valence electrons. The van der Waals surface area contributed by atoms with Crippen molar-refractivity contribution in [1.29, 1.82) is 0 Å². The molecular weight excluding hydrogens is 196 g/mol. The number of methoxy groups -OCH3 is 2. The molecule has 0 radical (unpaired) electrons. The van der Waals surface area contributed by atoms with Crippen molar-refractivity contribution in [1.82, 2.24) is 0 Å². The summed E-state index contributed by atoms with van der Waals surface area (Å²) in [5.41, 5.74) is 0. The molecule has 0 fully saturated rings.